The van der Waals surface area contributed by atoms with Crippen molar-refractivity contribution in [2.24, 2.45) is 0 Å². The minimum Gasteiger partial charge on any atom is -0.494 e. The van der Waals surface area contributed by atoms with Crippen LogP contribution in [0.15, 0.2) is 36.4 Å². The number of unbranched alkanes of at least 4 members (excludes halogenated alkanes) is 1. The van der Waals surface area contributed by atoms with Gasteiger partial charge >= 0.3 is 0 Å². The second-order valence-corrected chi connectivity index (χ2v) is 9.09. The zero-order chi connectivity index (χ0) is 22.5. The number of fused-ring (bicyclic) bond motifs is 1. The van der Waals surface area contributed by atoms with E-state index < -0.39 is 0 Å². The molecular weight excluding hydrogens is 448 g/mol. The zero-order valence-corrected chi connectivity index (χ0v) is 19.9. The maximum absolute atomic E-state index is 13.6. The smallest absolute Gasteiger partial charge is 0.260 e. The Kier molecular flexibility index (Phi) is 7.50. The van der Waals surface area contributed by atoms with Crippen molar-refractivity contribution < 1.29 is 19.0 Å². The minimum absolute atomic E-state index is 0.0210. The Hall–Kier alpha value is -2.35. The van der Waals surface area contributed by atoms with E-state index in [1.54, 1.807) is 36.3 Å². The first-order valence-corrected chi connectivity index (χ1v) is 12.1. The highest BCUT2D eigenvalue weighted by molar-refractivity contribution is 7.23. The lowest BCUT2D eigenvalue weighted by Crippen LogP contribution is -2.37. The molecule has 32 heavy (non-hydrogen) atoms. The van der Waals surface area contributed by atoms with E-state index >= 15 is 0 Å². The van der Waals surface area contributed by atoms with Crippen molar-refractivity contribution in [3.05, 3.63) is 47.0 Å². The number of benzene rings is 2. The number of carbonyl (C=O) groups excluding carboxylic acids is 1. The molecule has 1 atom stereocenters. The van der Waals surface area contributed by atoms with Crippen molar-refractivity contribution in [3.63, 3.8) is 0 Å². The molecule has 2 aromatic carbocycles. The summed E-state index contributed by atoms with van der Waals surface area (Å²) >= 11 is 7.81. The number of nitrogens with zero attached hydrogens (tertiary/aromatic N) is 2. The van der Waals surface area contributed by atoms with Gasteiger partial charge in [0, 0.05) is 12.2 Å². The minimum atomic E-state index is -0.143. The molecule has 1 amide bonds. The number of methoxy groups -OCH3 is 1. The summed E-state index contributed by atoms with van der Waals surface area (Å²) in [6.45, 7) is 3.89. The molecule has 0 N–H and O–H groups in total. The fourth-order valence-electron chi connectivity index (χ4n) is 3.67. The molecule has 1 aromatic heterocycles. The summed E-state index contributed by atoms with van der Waals surface area (Å²) in [5, 5.41) is 1.16. The van der Waals surface area contributed by atoms with E-state index in [1.807, 2.05) is 12.1 Å². The molecule has 0 aliphatic carbocycles. The Balaban J connectivity index is 1.68. The maximum atomic E-state index is 13.6. The molecule has 8 heteroatoms. The van der Waals surface area contributed by atoms with Crippen LogP contribution in [0.5, 0.6) is 11.5 Å². The number of aromatic nitrogens is 1. The topological polar surface area (TPSA) is 60.9 Å². The number of anilines is 1. The Morgan fingerprint density at radius 2 is 2.22 bits per heavy atom. The quantitative estimate of drug-likeness (QED) is 0.358. The van der Waals surface area contributed by atoms with Crippen LogP contribution < -0.4 is 14.4 Å². The van der Waals surface area contributed by atoms with Crippen LogP contribution in [0.1, 0.15) is 43.0 Å². The molecule has 0 saturated carbocycles. The first kappa shape index (κ1) is 22.8. The number of halogens is 1. The van der Waals surface area contributed by atoms with Gasteiger partial charge in [0.2, 0.25) is 0 Å². The third-order valence-electron chi connectivity index (χ3n) is 5.40. The van der Waals surface area contributed by atoms with Crippen LogP contribution in [0.25, 0.3) is 10.2 Å². The summed E-state index contributed by atoms with van der Waals surface area (Å²) in [4.78, 5) is 20.1. The number of amides is 1. The second-order valence-electron chi connectivity index (χ2n) is 7.70. The van der Waals surface area contributed by atoms with Gasteiger partial charge in [0.05, 0.1) is 36.1 Å². The van der Waals surface area contributed by atoms with Crippen LogP contribution in [0.3, 0.4) is 0 Å². The number of thiazole rings is 1. The third-order valence-corrected chi connectivity index (χ3v) is 6.94. The molecular formula is C24H27ClN2O4S. The predicted molar refractivity (Wildman–Crippen MR) is 129 cm³/mol. The molecule has 1 unspecified atom stereocenters. The van der Waals surface area contributed by atoms with Gasteiger partial charge in [-0.2, -0.15) is 0 Å². The molecule has 0 bridgehead atoms. The first-order chi connectivity index (χ1) is 15.6. The van der Waals surface area contributed by atoms with E-state index in [1.165, 1.54) is 11.3 Å². The summed E-state index contributed by atoms with van der Waals surface area (Å²) in [5.74, 6) is 1.17. The van der Waals surface area contributed by atoms with Crippen molar-refractivity contribution in [1.29, 1.82) is 0 Å². The van der Waals surface area contributed by atoms with E-state index in [0.29, 0.717) is 52.5 Å². The maximum Gasteiger partial charge on any atom is 0.260 e. The van der Waals surface area contributed by atoms with E-state index in [-0.39, 0.29) is 12.0 Å². The lowest BCUT2D eigenvalue weighted by Gasteiger charge is -2.23. The van der Waals surface area contributed by atoms with Crippen LogP contribution in [0.2, 0.25) is 5.02 Å². The fraction of sp³-hybridized carbons (Fsp3) is 0.417. The molecule has 6 nitrogen and oxygen atoms in total. The van der Waals surface area contributed by atoms with Crippen molar-refractivity contribution in [1.82, 2.24) is 4.98 Å². The lowest BCUT2D eigenvalue weighted by atomic mass is 10.1. The van der Waals surface area contributed by atoms with Gasteiger partial charge in [-0.05, 0) is 49.6 Å². The van der Waals surface area contributed by atoms with Crippen LogP contribution in [0.4, 0.5) is 5.13 Å². The predicted octanol–water partition coefficient (Wildman–Crippen LogP) is 5.96. The molecule has 1 aliphatic heterocycles. The Morgan fingerprint density at radius 3 is 2.97 bits per heavy atom. The summed E-state index contributed by atoms with van der Waals surface area (Å²) < 4.78 is 17.9. The Labute approximate surface area is 197 Å². The lowest BCUT2D eigenvalue weighted by molar-refractivity contribution is 0.0917. The molecule has 4 rings (SSSR count). The normalized spacial score (nSPS) is 15.8. The van der Waals surface area contributed by atoms with Gasteiger partial charge in [-0.1, -0.05) is 42.3 Å². The average Bonchev–Trinajstić information content (AvgIpc) is 3.48. The van der Waals surface area contributed by atoms with E-state index in [0.717, 1.165) is 30.4 Å². The summed E-state index contributed by atoms with van der Waals surface area (Å²) in [6.07, 6.45) is 3.91. The van der Waals surface area contributed by atoms with Crippen LogP contribution in [-0.2, 0) is 4.74 Å². The molecule has 0 radical (unpaired) electrons. The summed E-state index contributed by atoms with van der Waals surface area (Å²) in [5.41, 5.74) is 1.20. The first-order valence-electron chi connectivity index (χ1n) is 10.9. The molecule has 3 aromatic rings. The molecule has 170 valence electrons. The van der Waals surface area contributed by atoms with E-state index in [9.17, 15) is 4.79 Å². The molecule has 0 spiro atoms. The largest absolute Gasteiger partial charge is 0.494 e. The van der Waals surface area contributed by atoms with Gasteiger partial charge in [0.25, 0.3) is 5.91 Å². The SMILES string of the molecule is CCCCOc1cccc(C(=O)N(CC2CCCO2)c2nc3c(OC)ccc(Cl)c3s2)c1. The number of carbonyl (C=O) groups is 1. The van der Waals surface area contributed by atoms with Gasteiger partial charge in [-0.3, -0.25) is 9.69 Å². The second kappa shape index (κ2) is 10.5. The van der Waals surface area contributed by atoms with Crippen molar-refractivity contribution in [2.75, 3.05) is 31.8 Å². The Bertz CT molecular complexity index is 1080. The number of hydrogen-bond donors (Lipinski definition) is 0. The fourth-order valence-corrected chi connectivity index (χ4v) is 4.93. The van der Waals surface area contributed by atoms with Gasteiger partial charge in [-0.15, -0.1) is 0 Å². The third kappa shape index (κ3) is 5.00. The monoisotopic (exact) mass is 474 g/mol. The Morgan fingerprint density at radius 1 is 1.34 bits per heavy atom. The highest BCUT2D eigenvalue weighted by atomic mass is 35.5. The van der Waals surface area contributed by atoms with Gasteiger partial charge in [-0.25, -0.2) is 4.98 Å². The van der Waals surface area contributed by atoms with Gasteiger partial charge in [0.15, 0.2) is 5.13 Å². The standard InChI is InChI=1S/C24H27ClN2O4S/c1-3-4-12-30-17-8-5-7-16(14-17)23(28)27(15-18-9-6-13-31-18)24-26-21-20(29-2)11-10-19(25)22(21)32-24/h5,7-8,10-11,14,18H,3-4,6,9,12-13,15H2,1-2H3. The van der Waals surface area contributed by atoms with E-state index in [4.69, 9.17) is 30.8 Å². The molecule has 1 fully saturated rings. The number of hydrogen-bond acceptors (Lipinski definition) is 6. The summed E-state index contributed by atoms with van der Waals surface area (Å²) in [6, 6.07) is 10.9. The number of ether oxygens (including phenoxy) is 3. The van der Waals surface area contributed by atoms with Gasteiger partial charge in [0.1, 0.15) is 17.0 Å². The van der Waals surface area contributed by atoms with Crippen molar-refractivity contribution >= 4 is 44.2 Å². The summed E-state index contributed by atoms with van der Waals surface area (Å²) in [7, 11) is 1.60. The molecule has 2 heterocycles. The van der Waals surface area contributed by atoms with Crippen molar-refractivity contribution in [3.8, 4) is 11.5 Å². The highest BCUT2D eigenvalue weighted by Crippen LogP contribution is 2.39. The zero-order valence-electron chi connectivity index (χ0n) is 18.3. The molecule has 1 saturated heterocycles. The highest BCUT2D eigenvalue weighted by Gasteiger charge is 2.28. The van der Waals surface area contributed by atoms with Crippen LogP contribution in [0, 0.1) is 0 Å². The number of rotatable bonds is 9. The molecule has 1 aliphatic rings. The van der Waals surface area contributed by atoms with Crippen molar-refractivity contribution in [2.45, 2.75) is 38.7 Å². The van der Waals surface area contributed by atoms with Crippen LogP contribution >= 0.6 is 22.9 Å². The van der Waals surface area contributed by atoms with E-state index in [2.05, 4.69) is 6.92 Å². The average molecular weight is 475 g/mol. The van der Waals surface area contributed by atoms with Crippen LogP contribution in [-0.4, -0.2) is 43.9 Å². The van der Waals surface area contributed by atoms with Gasteiger partial charge < -0.3 is 14.2 Å².